The fraction of sp³-hybridized carbons (Fsp3) is 0.692. The van der Waals surface area contributed by atoms with Gasteiger partial charge in [0.15, 0.2) is 0 Å². The number of nitrogens with zero attached hydrogens (tertiary/aromatic N) is 2. The predicted molar refractivity (Wildman–Crippen MR) is 67.0 cm³/mol. The second-order valence-corrected chi connectivity index (χ2v) is 4.61. The van der Waals surface area contributed by atoms with Gasteiger partial charge in [-0.2, -0.15) is 0 Å². The van der Waals surface area contributed by atoms with E-state index >= 15 is 0 Å². The molecule has 4 nitrogen and oxygen atoms in total. The fourth-order valence-corrected chi connectivity index (χ4v) is 2.22. The van der Waals surface area contributed by atoms with Crippen molar-refractivity contribution < 1.29 is 4.74 Å². The molecule has 4 heteroatoms. The smallest absolute Gasteiger partial charge is 0.216 e. The molecular formula is C13H21N3O. The van der Waals surface area contributed by atoms with Gasteiger partial charge in [0.2, 0.25) is 5.88 Å². The van der Waals surface area contributed by atoms with E-state index in [9.17, 15) is 0 Å². The minimum Gasteiger partial charge on any atom is -0.481 e. The Morgan fingerprint density at radius 1 is 1.47 bits per heavy atom. The molecule has 0 spiro atoms. The highest BCUT2D eigenvalue weighted by Gasteiger charge is 2.29. The van der Waals surface area contributed by atoms with Gasteiger partial charge in [0.1, 0.15) is 6.33 Å². The van der Waals surface area contributed by atoms with Crippen molar-refractivity contribution in [3.8, 4) is 5.88 Å². The molecule has 0 amide bonds. The van der Waals surface area contributed by atoms with Crippen LogP contribution in [0.3, 0.4) is 0 Å². The van der Waals surface area contributed by atoms with Crippen molar-refractivity contribution in [2.45, 2.75) is 38.6 Å². The van der Waals surface area contributed by atoms with Gasteiger partial charge >= 0.3 is 0 Å². The number of ether oxygens (including phenoxy) is 1. The quantitative estimate of drug-likeness (QED) is 0.822. The van der Waals surface area contributed by atoms with Crippen LogP contribution in [-0.4, -0.2) is 23.6 Å². The summed E-state index contributed by atoms with van der Waals surface area (Å²) in [4.78, 5) is 8.45. The summed E-state index contributed by atoms with van der Waals surface area (Å²) in [5.74, 6) is 1.37. The van der Waals surface area contributed by atoms with Crippen molar-refractivity contribution in [1.82, 2.24) is 15.3 Å². The van der Waals surface area contributed by atoms with Crippen LogP contribution in [-0.2, 0) is 0 Å². The first-order chi connectivity index (χ1) is 8.35. The van der Waals surface area contributed by atoms with Crippen LogP contribution in [0.1, 0.15) is 44.3 Å². The second kappa shape index (κ2) is 5.96. The standard InChI is InChI=1S/C13H21N3O/c1-3-7-14-13(10-5-4-6-10)11-8-12(17-2)16-9-15-11/h8-10,13-14H,3-7H2,1-2H3. The van der Waals surface area contributed by atoms with Crippen molar-refractivity contribution in [1.29, 1.82) is 0 Å². The second-order valence-electron chi connectivity index (χ2n) is 4.61. The summed E-state index contributed by atoms with van der Waals surface area (Å²) in [6, 6.07) is 2.31. The van der Waals surface area contributed by atoms with Crippen LogP contribution in [0.2, 0.25) is 0 Å². The maximum Gasteiger partial charge on any atom is 0.216 e. The molecule has 17 heavy (non-hydrogen) atoms. The molecule has 1 heterocycles. The molecule has 0 saturated heterocycles. The topological polar surface area (TPSA) is 47.0 Å². The normalized spacial score (nSPS) is 17.5. The van der Waals surface area contributed by atoms with E-state index in [0.29, 0.717) is 11.9 Å². The van der Waals surface area contributed by atoms with Crippen LogP contribution in [0.15, 0.2) is 12.4 Å². The monoisotopic (exact) mass is 235 g/mol. The maximum atomic E-state index is 5.16. The Hall–Kier alpha value is -1.16. The first-order valence-electron chi connectivity index (χ1n) is 6.44. The highest BCUT2D eigenvalue weighted by molar-refractivity contribution is 5.17. The minimum absolute atomic E-state index is 0.362. The summed E-state index contributed by atoms with van der Waals surface area (Å²) in [7, 11) is 1.64. The highest BCUT2D eigenvalue weighted by atomic mass is 16.5. The number of hydrogen-bond acceptors (Lipinski definition) is 4. The Morgan fingerprint density at radius 3 is 2.88 bits per heavy atom. The highest BCUT2D eigenvalue weighted by Crippen LogP contribution is 2.37. The summed E-state index contributed by atoms with van der Waals surface area (Å²) in [6.07, 6.45) is 6.68. The molecular weight excluding hydrogens is 214 g/mol. The zero-order valence-corrected chi connectivity index (χ0v) is 10.6. The summed E-state index contributed by atoms with van der Waals surface area (Å²) < 4.78 is 5.16. The molecule has 1 saturated carbocycles. The van der Waals surface area contributed by atoms with Crippen LogP contribution in [0, 0.1) is 5.92 Å². The van der Waals surface area contributed by atoms with Crippen molar-refractivity contribution in [2.75, 3.05) is 13.7 Å². The minimum atomic E-state index is 0.362. The number of nitrogens with one attached hydrogen (secondary N) is 1. The molecule has 94 valence electrons. The van der Waals surface area contributed by atoms with Crippen molar-refractivity contribution in [2.24, 2.45) is 5.92 Å². The lowest BCUT2D eigenvalue weighted by molar-refractivity contribution is 0.227. The van der Waals surface area contributed by atoms with E-state index in [0.717, 1.165) is 24.6 Å². The van der Waals surface area contributed by atoms with Gasteiger partial charge in [-0.25, -0.2) is 9.97 Å². The number of rotatable bonds is 6. The van der Waals surface area contributed by atoms with Gasteiger partial charge in [-0.05, 0) is 31.7 Å². The summed E-state index contributed by atoms with van der Waals surface area (Å²) >= 11 is 0. The summed E-state index contributed by atoms with van der Waals surface area (Å²) in [5.41, 5.74) is 1.06. The lowest BCUT2D eigenvalue weighted by Gasteiger charge is -2.34. The Bertz CT molecular complexity index is 352. The van der Waals surface area contributed by atoms with Crippen LogP contribution >= 0.6 is 0 Å². The van der Waals surface area contributed by atoms with Crippen LogP contribution < -0.4 is 10.1 Å². The number of methoxy groups -OCH3 is 1. The zero-order chi connectivity index (χ0) is 12.1. The van der Waals surface area contributed by atoms with Gasteiger partial charge in [0, 0.05) is 6.07 Å². The molecule has 0 aromatic carbocycles. The molecule has 0 bridgehead atoms. The first-order valence-corrected chi connectivity index (χ1v) is 6.44. The first kappa shape index (κ1) is 12.3. The fourth-order valence-electron chi connectivity index (χ4n) is 2.22. The van der Waals surface area contributed by atoms with Gasteiger partial charge in [-0.3, -0.25) is 0 Å². The van der Waals surface area contributed by atoms with E-state index in [1.807, 2.05) is 6.07 Å². The van der Waals surface area contributed by atoms with Gasteiger partial charge < -0.3 is 10.1 Å². The van der Waals surface area contributed by atoms with Gasteiger partial charge in [-0.1, -0.05) is 13.3 Å². The molecule has 1 aliphatic carbocycles. The largest absolute Gasteiger partial charge is 0.481 e. The molecule has 0 aliphatic heterocycles. The van der Waals surface area contributed by atoms with Gasteiger partial charge in [0.25, 0.3) is 0 Å². The Labute approximate surface area is 103 Å². The molecule has 2 rings (SSSR count). The molecule has 0 radical (unpaired) electrons. The Morgan fingerprint density at radius 2 is 2.29 bits per heavy atom. The molecule has 1 aromatic rings. The lowest BCUT2D eigenvalue weighted by atomic mass is 9.78. The van der Waals surface area contributed by atoms with Crippen LogP contribution in [0.5, 0.6) is 5.88 Å². The average Bonchev–Trinajstić information content (AvgIpc) is 2.32. The van der Waals surface area contributed by atoms with Gasteiger partial charge in [0.05, 0.1) is 18.8 Å². The molecule has 1 aliphatic rings. The molecule has 1 N–H and O–H groups in total. The third-order valence-electron chi connectivity index (χ3n) is 3.43. The number of aromatic nitrogens is 2. The van der Waals surface area contributed by atoms with Crippen molar-refractivity contribution >= 4 is 0 Å². The van der Waals surface area contributed by atoms with E-state index in [1.165, 1.54) is 19.3 Å². The number of hydrogen-bond donors (Lipinski definition) is 1. The average molecular weight is 235 g/mol. The summed E-state index contributed by atoms with van der Waals surface area (Å²) in [6.45, 7) is 3.22. The maximum absolute atomic E-state index is 5.16. The Kier molecular flexibility index (Phi) is 4.31. The SMILES string of the molecule is CCCNC(c1cc(OC)ncn1)C1CCC1. The molecule has 1 fully saturated rings. The van der Waals surface area contributed by atoms with E-state index in [-0.39, 0.29) is 0 Å². The van der Waals surface area contributed by atoms with Crippen molar-refractivity contribution in [3.63, 3.8) is 0 Å². The van der Waals surface area contributed by atoms with Crippen LogP contribution in [0.4, 0.5) is 0 Å². The van der Waals surface area contributed by atoms with E-state index in [4.69, 9.17) is 4.74 Å². The van der Waals surface area contributed by atoms with E-state index in [1.54, 1.807) is 13.4 Å². The van der Waals surface area contributed by atoms with Crippen molar-refractivity contribution in [3.05, 3.63) is 18.1 Å². The van der Waals surface area contributed by atoms with E-state index < -0.39 is 0 Å². The van der Waals surface area contributed by atoms with Crippen LogP contribution in [0.25, 0.3) is 0 Å². The summed E-state index contributed by atoms with van der Waals surface area (Å²) in [5, 5.41) is 3.59. The lowest BCUT2D eigenvalue weighted by Crippen LogP contribution is -2.33. The zero-order valence-electron chi connectivity index (χ0n) is 10.6. The third kappa shape index (κ3) is 2.94. The Balaban J connectivity index is 2.11. The molecule has 1 aromatic heterocycles. The van der Waals surface area contributed by atoms with E-state index in [2.05, 4.69) is 22.2 Å². The molecule has 1 atom stereocenters. The predicted octanol–water partition coefficient (Wildman–Crippen LogP) is 2.33. The van der Waals surface area contributed by atoms with Gasteiger partial charge in [-0.15, -0.1) is 0 Å². The molecule has 1 unspecified atom stereocenters. The third-order valence-corrected chi connectivity index (χ3v) is 3.43.